The number of benzene rings is 1. The summed E-state index contributed by atoms with van der Waals surface area (Å²) in [7, 11) is 0. The molecule has 0 radical (unpaired) electrons. The van der Waals surface area contributed by atoms with E-state index in [1.807, 2.05) is 30.5 Å². The van der Waals surface area contributed by atoms with Gasteiger partial charge in [-0.3, -0.25) is 0 Å². The molecule has 0 aliphatic rings. The topological polar surface area (TPSA) is 45.4 Å². The lowest BCUT2D eigenvalue weighted by atomic mass is 10.2. The van der Waals surface area contributed by atoms with Crippen molar-refractivity contribution in [3.8, 4) is 0 Å². The quantitative estimate of drug-likeness (QED) is 0.794. The zero-order valence-corrected chi connectivity index (χ0v) is 8.56. The van der Waals surface area contributed by atoms with Crippen LogP contribution in [0.2, 0.25) is 0 Å². The molecule has 80 valence electrons. The fraction of sp³-hybridized carbons (Fsp3) is 0.333. The van der Waals surface area contributed by atoms with E-state index in [4.69, 9.17) is 10.2 Å². The van der Waals surface area contributed by atoms with E-state index >= 15 is 0 Å². The highest BCUT2D eigenvalue weighted by atomic mass is 16.3. The number of fused-ring (bicyclic) bond motifs is 1. The van der Waals surface area contributed by atoms with Gasteiger partial charge in [0.25, 0.3) is 0 Å². The molecule has 0 bridgehead atoms. The predicted molar refractivity (Wildman–Crippen MR) is 59.6 cm³/mol. The summed E-state index contributed by atoms with van der Waals surface area (Å²) in [5.41, 5.74) is 2.04. The van der Waals surface area contributed by atoms with E-state index in [-0.39, 0.29) is 13.2 Å². The molecule has 3 nitrogen and oxygen atoms in total. The van der Waals surface area contributed by atoms with Crippen molar-refractivity contribution in [1.29, 1.82) is 0 Å². The highest BCUT2D eigenvalue weighted by Gasteiger charge is 2.01. The minimum atomic E-state index is 0.0706. The summed E-state index contributed by atoms with van der Waals surface area (Å²) in [5.74, 6) is 0. The first-order valence-electron chi connectivity index (χ1n) is 5.14. The molecule has 2 N–H and O–H groups in total. The van der Waals surface area contributed by atoms with Gasteiger partial charge >= 0.3 is 0 Å². The van der Waals surface area contributed by atoms with Crippen molar-refractivity contribution in [2.45, 2.75) is 19.6 Å². The van der Waals surface area contributed by atoms with Crippen LogP contribution in [0.4, 0.5) is 0 Å². The number of hydrogen-bond acceptors (Lipinski definition) is 2. The smallest absolute Gasteiger partial charge is 0.0682 e. The summed E-state index contributed by atoms with van der Waals surface area (Å²) in [6.45, 7) is 1.09. The van der Waals surface area contributed by atoms with Gasteiger partial charge in [-0.2, -0.15) is 0 Å². The van der Waals surface area contributed by atoms with E-state index in [2.05, 4.69) is 4.57 Å². The summed E-state index contributed by atoms with van der Waals surface area (Å²) in [6, 6.07) is 7.98. The summed E-state index contributed by atoms with van der Waals surface area (Å²) < 4.78 is 2.10. The minimum Gasteiger partial charge on any atom is -0.396 e. The number of aliphatic hydroxyl groups excluding tert-OH is 2. The number of aromatic nitrogens is 1. The number of hydrogen-bond donors (Lipinski definition) is 2. The lowest BCUT2D eigenvalue weighted by Gasteiger charge is -2.04. The zero-order chi connectivity index (χ0) is 10.7. The van der Waals surface area contributed by atoms with Crippen LogP contribution >= 0.6 is 0 Å². The molecular weight excluding hydrogens is 190 g/mol. The first kappa shape index (κ1) is 10.2. The molecule has 1 aromatic heterocycles. The standard InChI is InChI=1S/C12H15NO2/c14-7-1-5-13-6-4-11-3-2-10(9-15)8-12(11)13/h2-4,6,8,14-15H,1,5,7,9H2. The lowest BCUT2D eigenvalue weighted by Crippen LogP contribution is -1.98. The van der Waals surface area contributed by atoms with Crippen LogP contribution in [0.3, 0.4) is 0 Å². The van der Waals surface area contributed by atoms with Gasteiger partial charge in [0, 0.05) is 24.9 Å². The van der Waals surface area contributed by atoms with Gasteiger partial charge in [0.15, 0.2) is 0 Å². The van der Waals surface area contributed by atoms with Crippen molar-refractivity contribution in [2.75, 3.05) is 6.61 Å². The number of aryl methyl sites for hydroxylation is 1. The average Bonchev–Trinajstić information content (AvgIpc) is 2.68. The first-order chi connectivity index (χ1) is 7.35. The number of aliphatic hydroxyl groups is 2. The van der Waals surface area contributed by atoms with Crippen molar-refractivity contribution in [2.24, 2.45) is 0 Å². The summed E-state index contributed by atoms with van der Waals surface area (Å²) >= 11 is 0. The molecule has 2 rings (SSSR count). The van der Waals surface area contributed by atoms with E-state index in [1.54, 1.807) is 0 Å². The normalized spacial score (nSPS) is 11.1. The molecule has 2 aromatic rings. The molecule has 0 saturated heterocycles. The van der Waals surface area contributed by atoms with Crippen LogP contribution in [0.5, 0.6) is 0 Å². The fourth-order valence-corrected chi connectivity index (χ4v) is 1.76. The molecule has 15 heavy (non-hydrogen) atoms. The molecule has 0 aliphatic carbocycles. The Hall–Kier alpha value is -1.32. The Labute approximate surface area is 88.6 Å². The van der Waals surface area contributed by atoms with Crippen LogP contribution < -0.4 is 0 Å². The van der Waals surface area contributed by atoms with Crippen molar-refractivity contribution < 1.29 is 10.2 Å². The number of rotatable bonds is 4. The molecule has 0 saturated carbocycles. The third-order valence-electron chi connectivity index (χ3n) is 2.58. The SMILES string of the molecule is OCCCn1ccc2ccc(CO)cc21. The van der Waals surface area contributed by atoms with E-state index in [0.29, 0.717) is 0 Å². The van der Waals surface area contributed by atoms with E-state index in [9.17, 15) is 0 Å². The van der Waals surface area contributed by atoms with Gasteiger partial charge in [0.1, 0.15) is 0 Å². The van der Waals surface area contributed by atoms with Crippen LogP contribution in [-0.2, 0) is 13.2 Å². The Morgan fingerprint density at radius 2 is 2.00 bits per heavy atom. The Kier molecular flexibility index (Phi) is 3.04. The summed E-state index contributed by atoms with van der Waals surface area (Å²) in [4.78, 5) is 0. The predicted octanol–water partition coefficient (Wildman–Crippen LogP) is 1.52. The van der Waals surface area contributed by atoms with E-state index in [0.717, 1.165) is 24.0 Å². The van der Waals surface area contributed by atoms with Crippen molar-refractivity contribution >= 4 is 10.9 Å². The third kappa shape index (κ3) is 2.03. The molecule has 0 amide bonds. The highest BCUT2D eigenvalue weighted by Crippen LogP contribution is 2.18. The van der Waals surface area contributed by atoms with Crippen LogP contribution in [0.1, 0.15) is 12.0 Å². The monoisotopic (exact) mass is 205 g/mol. The second-order valence-electron chi connectivity index (χ2n) is 3.64. The minimum absolute atomic E-state index is 0.0706. The molecule has 0 unspecified atom stereocenters. The molecule has 1 aromatic carbocycles. The Morgan fingerprint density at radius 3 is 2.73 bits per heavy atom. The lowest BCUT2D eigenvalue weighted by molar-refractivity contribution is 0.280. The van der Waals surface area contributed by atoms with Crippen LogP contribution in [-0.4, -0.2) is 21.4 Å². The summed E-state index contributed by atoms with van der Waals surface area (Å²) in [6.07, 6.45) is 2.77. The number of nitrogens with zero attached hydrogens (tertiary/aromatic N) is 1. The third-order valence-corrected chi connectivity index (χ3v) is 2.58. The fourth-order valence-electron chi connectivity index (χ4n) is 1.76. The molecule has 0 fully saturated rings. The average molecular weight is 205 g/mol. The molecule has 0 spiro atoms. The largest absolute Gasteiger partial charge is 0.396 e. The van der Waals surface area contributed by atoms with Crippen molar-refractivity contribution in [1.82, 2.24) is 4.57 Å². The van der Waals surface area contributed by atoms with Gasteiger partial charge in [-0.05, 0) is 29.5 Å². The molecule has 3 heteroatoms. The van der Waals surface area contributed by atoms with Crippen molar-refractivity contribution in [3.05, 3.63) is 36.0 Å². The van der Waals surface area contributed by atoms with E-state index < -0.39 is 0 Å². The van der Waals surface area contributed by atoms with Gasteiger partial charge in [-0.25, -0.2) is 0 Å². The molecular formula is C12H15NO2. The van der Waals surface area contributed by atoms with Gasteiger partial charge in [0.05, 0.1) is 6.61 Å². The second kappa shape index (κ2) is 4.47. The maximum Gasteiger partial charge on any atom is 0.0682 e. The van der Waals surface area contributed by atoms with Crippen LogP contribution in [0.25, 0.3) is 10.9 Å². The maximum atomic E-state index is 9.05. The highest BCUT2D eigenvalue weighted by molar-refractivity contribution is 5.80. The van der Waals surface area contributed by atoms with Crippen molar-refractivity contribution in [3.63, 3.8) is 0 Å². The van der Waals surface area contributed by atoms with Crippen LogP contribution in [0, 0.1) is 0 Å². The molecule has 1 heterocycles. The van der Waals surface area contributed by atoms with E-state index in [1.165, 1.54) is 5.39 Å². The molecule has 0 atom stereocenters. The first-order valence-corrected chi connectivity index (χ1v) is 5.14. The summed E-state index contributed by atoms with van der Waals surface area (Å²) in [5, 5.41) is 19.0. The van der Waals surface area contributed by atoms with Gasteiger partial charge < -0.3 is 14.8 Å². The van der Waals surface area contributed by atoms with Gasteiger partial charge in [-0.15, -0.1) is 0 Å². The Morgan fingerprint density at radius 1 is 1.13 bits per heavy atom. The molecule has 0 aliphatic heterocycles. The van der Waals surface area contributed by atoms with Gasteiger partial charge in [-0.1, -0.05) is 12.1 Å². The zero-order valence-electron chi connectivity index (χ0n) is 8.56. The Bertz CT molecular complexity index is 448. The van der Waals surface area contributed by atoms with Gasteiger partial charge in [0.2, 0.25) is 0 Å². The second-order valence-corrected chi connectivity index (χ2v) is 3.64. The Balaban J connectivity index is 2.38. The maximum absolute atomic E-state index is 9.05. The van der Waals surface area contributed by atoms with Crippen LogP contribution in [0.15, 0.2) is 30.5 Å².